The highest BCUT2D eigenvalue weighted by Crippen LogP contribution is 2.37. The summed E-state index contributed by atoms with van der Waals surface area (Å²) in [5.74, 6) is -6.78. The molecule has 0 saturated carbocycles. The minimum atomic E-state index is -3.97. The average Bonchev–Trinajstić information content (AvgIpc) is 3.24. The molecule has 156 valence electrons. The summed E-state index contributed by atoms with van der Waals surface area (Å²) in [6.07, 6.45) is 0.557. The summed E-state index contributed by atoms with van der Waals surface area (Å²) in [5, 5.41) is 16.3. The van der Waals surface area contributed by atoms with Crippen molar-refractivity contribution in [2.24, 2.45) is 0 Å². The van der Waals surface area contributed by atoms with E-state index in [4.69, 9.17) is 5.11 Å². The van der Waals surface area contributed by atoms with Gasteiger partial charge in [-0.2, -0.15) is 13.9 Å². The number of halogens is 3. The van der Waals surface area contributed by atoms with Crippen molar-refractivity contribution in [1.82, 2.24) is 19.7 Å². The normalized spacial score (nSPS) is 12.4. The second kappa shape index (κ2) is 6.86. The minimum absolute atomic E-state index is 0.144. The van der Waals surface area contributed by atoms with E-state index >= 15 is 0 Å². The van der Waals surface area contributed by atoms with E-state index in [0.717, 1.165) is 0 Å². The van der Waals surface area contributed by atoms with Crippen LogP contribution in [0.15, 0.2) is 30.5 Å². The number of carboxylic acid groups (broad SMARTS) is 1. The molecule has 1 aromatic carbocycles. The Morgan fingerprint density at radius 1 is 1.30 bits per heavy atom. The molecule has 4 rings (SSSR count). The topological polar surface area (TPSA) is 83.8 Å². The lowest BCUT2D eigenvalue weighted by atomic mass is 9.99. The first kappa shape index (κ1) is 19.9. The third-order valence-corrected chi connectivity index (χ3v) is 5.14. The first-order valence-corrected chi connectivity index (χ1v) is 9.35. The fraction of sp³-hybridized carbons (Fsp3) is 0.286. The SMILES string of the molecule is Cc1cc(-n2c(C(C)C)c(CC(F)(F)C(=O)O)c3nc4[nH]ncc4cc32)ccc1F. The smallest absolute Gasteiger partial charge is 0.374 e. The van der Waals surface area contributed by atoms with Crippen LogP contribution in [0.2, 0.25) is 0 Å². The summed E-state index contributed by atoms with van der Waals surface area (Å²) >= 11 is 0. The minimum Gasteiger partial charge on any atom is -0.477 e. The molecule has 4 aromatic rings. The Balaban J connectivity index is 2.12. The number of hydrogen-bond acceptors (Lipinski definition) is 3. The van der Waals surface area contributed by atoms with Gasteiger partial charge in [-0.05, 0) is 42.7 Å². The molecule has 0 radical (unpaired) electrons. The number of nitrogens with one attached hydrogen (secondary N) is 1. The number of nitrogens with zero attached hydrogens (tertiary/aromatic N) is 3. The van der Waals surface area contributed by atoms with Gasteiger partial charge in [-0.1, -0.05) is 13.8 Å². The molecule has 0 aliphatic carbocycles. The number of alkyl halides is 2. The zero-order chi connectivity index (χ0) is 21.8. The molecule has 0 aliphatic heterocycles. The number of pyridine rings is 1. The molecule has 3 heterocycles. The maximum atomic E-state index is 14.3. The monoisotopic (exact) mass is 416 g/mol. The average molecular weight is 416 g/mol. The number of rotatable bonds is 5. The molecule has 0 bridgehead atoms. The summed E-state index contributed by atoms with van der Waals surface area (Å²) in [4.78, 5) is 15.6. The maximum absolute atomic E-state index is 14.3. The molecule has 0 spiro atoms. The standard InChI is InChI=1S/C21H19F3N4O2/c1-10(2)18-14(8-21(23,24)20(29)30)17-16(7-12-9-25-27-19(12)26-17)28(18)13-4-5-15(22)11(3)6-13/h4-7,9-10H,8H2,1-3H3,(H,29,30)(H,25,26,27). The zero-order valence-corrected chi connectivity index (χ0v) is 16.5. The van der Waals surface area contributed by atoms with E-state index in [9.17, 15) is 18.0 Å². The number of aliphatic carboxylic acids is 1. The molecule has 9 heteroatoms. The second-order valence-electron chi connectivity index (χ2n) is 7.64. The van der Waals surface area contributed by atoms with Gasteiger partial charge < -0.3 is 9.67 Å². The number of hydrogen-bond donors (Lipinski definition) is 2. The molecule has 3 aromatic heterocycles. The lowest BCUT2D eigenvalue weighted by Crippen LogP contribution is -2.31. The Bertz CT molecular complexity index is 1290. The van der Waals surface area contributed by atoms with Crippen molar-refractivity contribution in [3.63, 3.8) is 0 Å². The number of benzene rings is 1. The Kier molecular flexibility index (Phi) is 4.56. The van der Waals surface area contributed by atoms with Crippen LogP contribution in [0, 0.1) is 12.7 Å². The number of aromatic nitrogens is 4. The third kappa shape index (κ3) is 3.10. The van der Waals surface area contributed by atoms with E-state index in [1.807, 2.05) is 13.8 Å². The zero-order valence-electron chi connectivity index (χ0n) is 16.5. The highest BCUT2D eigenvalue weighted by molar-refractivity contribution is 5.94. The third-order valence-electron chi connectivity index (χ3n) is 5.14. The summed E-state index contributed by atoms with van der Waals surface area (Å²) in [6, 6.07) is 6.26. The summed E-state index contributed by atoms with van der Waals surface area (Å²) in [5.41, 5.74) is 2.82. The number of fused-ring (bicyclic) bond motifs is 2. The second-order valence-corrected chi connectivity index (χ2v) is 7.64. The lowest BCUT2D eigenvalue weighted by molar-refractivity contribution is -0.164. The van der Waals surface area contributed by atoms with Crippen molar-refractivity contribution in [2.45, 2.75) is 39.0 Å². The Morgan fingerprint density at radius 2 is 2.03 bits per heavy atom. The summed E-state index contributed by atoms with van der Waals surface area (Å²) in [7, 11) is 0. The van der Waals surface area contributed by atoms with E-state index in [2.05, 4.69) is 15.2 Å². The lowest BCUT2D eigenvalue weighted by Gasteiger charge is -2.17. The maximum Gasteiger partial charge on any atom is 0.374 e. The van der Waals surface area contributed by atoms with Gasteiger partial charge in [-0.3, -0.25) is 5.10 Å². The van der Waals surface area contributed by atoms with Crippen LogP contribution in [-0.2, 0) is 11.2 Å². The molecule has 0 atom stereocenters. The van der Waals surface area contributed by atoms with Crippen LogP contribution < -0.4 is 0 Å². The van der Waals surface area contributed by atoms with Crippen LogP contribution >= 0.6 is 0 Å². The van der Waals surface area contributed by atoms with Crippen LogP contribution in [0.1, 0.15) is 36.6 Å². The number of H-pyrrole nitrogens is 1. The quantitative estimate of drug-likeness (QED) is 0.492. The van der Waals surface area contributed by atoms with Gasteiger partial charge in [0.25, 0.3) is 0 Å². The first-order chi connectivity index (χ1) is 14.1. The molecule has 0 amide bonds. The van der Waals surface area contributed by atoms with Gasteiger partial charge in [0.05, 0.1) is 23.7 Å². The van der Waals surface area contributed by atoms with E-state index in [1.165, 1.54) is 6.07 Å². The van der Waals surface area contributed by atoms with Crippen LogP contribution in [0.25, 0.3) is 27.8 Å². The van der Waals surface area contributed by atoms with Gasteiger partial charge in [0, 0.05) is 22.3 Å². The predicted octanol–water partition coefficient (Wildman–Crippen LogP) is 4.74. The van der Waals surface area contributed by atoms with Crippen LogP contribution in [0.4, 0.5) is 13.2 Å². The van der Waals surface area contributed by atoms with Crippen LogP contribution in [0.5, 0.6) is 0 Å². The van der Waals surface area contributed by atoms with Gasteiger partial charge >= 0.3 is 11.9 Å². The first-order valence-electron chi connectivity index (χ1n) is 9.35. The Hall–Kier alpha value is -3.36. The van der Waals surface area contributed by atoms with Crippen molar-refractivity contribution in [3.05, 3.63) is 53.1 Å². The Morgan fingerprint density at radius 3 is 2.67 bits per heavy atom. The number of carbonyl (C=O) groups is 1. The fourth-order valence-corrected chi connectivity index (χ4v) is 3.77. The molecule has 0 unspecified atom stereocenters. The molecule has 0 aliphatic rings. The van der Waals surface area contributed by atoms with Crippen molar-refractivity contribution in [1.29, 1.82) is 0 Å². The van der Waals surface area contributed by atoms with Crippen molar-refractivity contribution < 1.29 is 23.1 Å². The van der Waals surface area contributed by atoms with E-state index in [1.54, 1.807) is 35.9 Å². The number of carboxylic acids is 1. The molecule has 6 nitrogen and oxygen atoms in total. The number of aryl methyl sites for hydroxylation is 1. The molecule has 0 fully saturated rings. The Labute approximate surface area is 169 Å². The molecular weight excluding hydrogens is 397 g/mol. The van der Waals surface area contributed by atoms with Crippen molar-refractivity contribution >= 4 is 28.0 Å². The van der Waals surface area contributed by atoms with Gasteiger partial charge in [0.1, 0.15) is 5.82 Å². The molecular formula is C21H19F3N4O2. The molecule has 2 N–H and O–H groups in total. The van der Waals surface area contributed by atoms with Crippen molar-refractivity contribution in [3.8, 4) is 5.69 Å². The van der Waals surface area contributed by atoms with E-state index in [-0.39, 0.29) is 22.8 Å². The highest BCUT2D eigenvalue weighted by Gasteiger charge is 2.41. The fourth-order valence-electron chi connectivity index (χ4n) is 3.77. The van der Waals surface area contributed by atoms with Crippen LogP contribution in [-0.4, -0.2) is 36.7 Å². The summed E-state index contributed by atoms with van der Waals surface area (Å²) in [6.45, 7) is 5.28. The van der Waals surface area contributed by atoms with Gasteiger partial charge in [-0.15, -0.1) is 0 Å². The van der Waals surface area contributed by atoms with E-state index in [0.29, 0.717) is 33.5 Å². The molecule has 0 saturated heterocycles. The van der Waals surface area contributed by atoms with Crippen molar-refractivity contribution in [2.75, 3.05) is 0 Å². The largest absolute Gasteiger partial charge is 0.477 e. The van der Waals surface area contributed by atoms with Gasteiger partial charge in [0.2, 0.25) is 0 Å². The molecule has 30 heavy (non-hydrogen) atoms. The van der Waals surface area contributed by atoms with Gasteiger partial charge in [0.15, 0.2) is 5.65 Å². The van der Waals surface area contributed by atoms with Gasteiger partial charge in [-0.25, -0.2) is 14.2 Å². The van der Waals surface area contributed by atoms with E-state index < -0.39 is 18.3 Å². The number of aromatic amines is 1. The predicted molar refractivity (Wildman–Crippen MR) is 106 cm³/mol. The summed E-state index contributed by atoms with van der Waals surface area (Å²) < 4.78 is 44.2. The van der Waals surface area contributed by atoms with Crippen LogP contribution in [0.3, 0.4) is 0 Å². The highest BCUT2D eigenvalue weighted by atomic mass is 19.3.